The molecular weight excluding hydrogens is 500 g/mol. The maximum atomic E-state index is 14.0. The van der Waals surface area contributed by atoms with E-state index in [0.717, 1.165) is 12.8 Å². The molecule has 5 unspecified atom stereocenters. The third-order valence-corrected chi connectivity index (χ3v) is 8.06. The maximum absolute atomic E-state index is 14.0. The van der Waals surface area contributed by atoms with Crippen LogP contribution in [0.4, 0.5) is 4.79 Å². The minimum Gasteiger partial charge on any atom is -0.444 e. The lowest BCUT2D eigenvalue weighted by molar-refractivity contribution is -0.145. The first kappa shape index (κ1) is 30.6. The van der Waals surface area contributed by atoms with E-state index in [0.29, 0.717) is 13.0 Å². The summed E-state index contributed by atoms with van der Waals surface area (Å²) in [5.74, 6) is -1.96. The summed E-state index contributed by atoms with van der Waals surface area (Å²) < 4.78 is 5.40. The molecule has 10 heteroatoms. The van der Waals surface area contributed by atoms with E-state index in [1.54, 1.807) is 25.7 Å². The lowest BCUT2D eigenvalue weighted by Crippen LogP contribution is -2.60. The van der Waals surface area contributed by atoms with Gasteiger partial charge in [-0.05, 0) is 55.8 Å². The van der Waals surface area contributed by atoms with Crippen molar-refractivity contribution in [1.82, 2.24) is 20.9 Å². The van der Waals surface area contributed by atoms with Crippen LogP contribution in [-0.2, 0) is 23.9 Å². The van der Waals surface area contributed by atoms with Crippen molar-refractivity contribution >= 4 is 29.6 Å². The number of hydrogen-bond donors (Lipinski definition) is 3. The monoisotopic (exact) mass is 546 g/mol. The number of Topliss-reactive ketones (excluding diaryl/α,β-unsaturated/α-hetero) is 1. The smallest absolute Gasteiger partial charge is 0.408 e. The summed E-state index contributed by atoms with van der Waals surface area (Å²) in [4.78, 5) is 67.3. The van der Waals surface area contributed by atoms with Crippen molar-refractivity contribution in [3.63, 3.8) is 0 Å². The number of nitrogens with one attached hydrogen (secondary N) is 3. The summed E-state index contributed by atoms with van der Waals surface area (Å²) >= 11 is 0. The van der Waals surface area contributed by atoms with Crippen LogP contribution in [0.25, 0.3) is 0 Å². The van der Waals surface area contributed by atoms with E-state index in [2.05, 4.69) is 36.4 Å². The van der Waals surface area contributed by atoms with Gasteiger partial charge in [0.25, 0.3) is 5.91 Å². The lowest BCUT2D eigenvalue weighted by Gasteiger charge is -2.38. The highest BCUT2D eigenvalue weighted by Gasteiger charge is 2.70. The molecule has 0 bridgehead atoms. The zero-order valence-corrected chi connectivity index (χ0v) is 24.7. The fraction of sp³-hybridized carbons (Fsp3) is 0.759. The van der Waals surface area contributed by atoms with E-state index in [4.69, 9.17) is 4.74 Å². The Labute approximate surface area is 232 Å². The molecule has 4 amide bonds. The molecule has 0 aromatic carbocycles. The number of carbonyl (C=O) groups excluding carboxylic acids is 5. The number of alkyl carbamates (subject to hydrolysis) is 1. The van der Waals surface area contributed by atoms with Gasteiger partial charge in [0.15, 0.2) is 0 Å². The molecule has 3 fully saturated rings. The summed E-state index contributed by atoms with van der Waals surface area (Å²) in [6.45, 7) is 19.0. The number of rotatable bonds is 10. The van der Waals surface area contributed by atoms with E-state index in [9.17, 15) is 24.0 Å². The second-order valence-corrected chi connectivity index (χ2v) is 13.9. The summed E-state index contributed by atoms with van der Waals surface area (Å²) in [6.07, 6.45) is 3.05. The van der Waals surface area contributed by atoms with Crippen LogP contribution < -0.4 is 16.0 Å². The van der Waals surface area contributed by atoms with Gasteiger partial charge in [-0.3, -0.25) is 19.2 Å². The summed E-state index contributed by atoms with van der Waals surface area (Å²) in [7, 11) is 0. The molecule has 39 heavy (non-hydrogen) atoms. The van der Waals surface area contributed by atoms with Crippen molar-refractivity contribution in [1.29, 1.82) is 0 Å². The van der Waals surface area contributed by atoms with Crippen molar-refractivity contribution in [2.24, 2.45) is 28.6 Å². The maximum Gasteiger partial charge on any atom is 0.408 e. The van der Waals surface area contributed by atoms with Gasteiger partial charge in [0.2, 0.25) is 17.6 Å². The second kappa shape index (κ2) is 10.9. The Morgan fingerprint density at radius 2 is 1.67 bits per heavy atom. The van der Waals surface area contributed by atoms with Crippen LogP contribution >= 0.6 is 0 Å². The van der Waals surface area contributed by atoms with Crippen LogP contribution in [0.3, 0.4) is 0 Å². The second-order valence-electron chi connectivity index (χ2n) is 13.9. The Morgan fingerprint density at radius 3 is 2.18 bits per heavy atom. The molecule has 3 aliphatic rings. The Bertz CT molecular complexity index is 1020. The summed E-state index contributed by atoms with van der Waals surface area (Å²) in [6, 6.07) is -2.71. The molecule has 218 valence electrons. The normalized spacial score (nSPS) is 25.0. The molecule has 3 N–H and O–H groups in total. The molecule has 2 aliphatic carbocycles. The van der Waals surface area contributed by atoms with Crippen LogP contribution in [0.2, 0.25) is 0 Å². The molecule has 0 aromatic heterocycles. The van der Waals surface area contributed by atoms with Crippen molar-refractivity contribution in [3.05, 3.63) is 12.7 Å². The molecule has 0 radical (unpaired) electrons. The highest BCUT2D eigenvalue weighted by molar-refractivity contribution is 6.38. The molecule has 10 nitrogen and oxygen atoms in total. The number of carbonyl (C=O) groups is 5. The summed E-state index contributed by atoms with van der Waals surface area (Å²) in [5, 5.41) is 8.06. The first-order valence-electron chi connectivity index (χ1n) is 13.9. The lowest BCUT2D eigenvalue weighted by atomic mass is 9.85. The number of ketones is 1. The van der Waals surface area contributed by atoms with E-state index >= 15 is 0 Å². The molecule has 2 saturated carbocycles. The number of amides is 4. The zero-order chi connectivity index (χ0) is 29.5. The number of hydrogen-bond acceptors (Lipinski definition) is 6. The van der Waals surface area contributed by atoms with Crippen LogP contribution in [-0.4, -0.2) is 71.3 Å². The molecule has 3 rings (SSSR count). The van der Waals surface area contributed by atoms with Crippen LogP contribution in [0.1, 0.15) is 74.7 Å². The summed E-state index contributed by atoms with van der Waals surface area (Å²) in [5.41, 5.74) is -1.55. The van der Waals surface area contributed by atoms with Gasteiger partial charge in [-0.2, -0.15) is 0 Å². The average Bonchev–Trinajstić information content (AvgIpc) is 3.65. The van der Waals surface area contributed by atoms with Crippen molar-refractivity contribution in [3.8, 4) is 0 Å². The van der Waals surface area contributed by atoms with Gasteiger partial charge >= 0.3 is 6.09 Å². The predicted octanol–water partition coefficient (Wildman–Crippen LogP) is 2.57. The Hall–Kier alpha value is -2.91. The third-order valence-electron chi connectivity index (χ3n) is 8.06. The number of ether oxygens (including phenoxy) is 1. The Kier molecular flexibility index (Phi) is 8.58. The standard InChI is InChI=1S/C29H46N4O6/c1-10-13-30-24(36)21(34)18(14-16-11-12-16)31-23(35)20-19-17(29(19,8)9)15-33(20)25(37)22(27(2,3)4)32-26(38)39-28(5,6)7/h10,16-20,22H,1,11-15H2,2-9H3,(H,30,36)(H,31,35)(H,32,38). The van der Waals surface area contributed by atoms with E-state index in [1.807, 2.05) is 20.8 Å². The van der Waals surface area contributed by atoms with E-state index in [1.165, 1.54) is 6.08 Å². The highest BCUT2D eigenvalue weighted by Crippen LogP contribution is 2.65. The topological polar surface area (TPSA) is 134 Å². The first-order chi connectivity index (χ1) is 17.9. The highest BCUT2D eigenvalue weighted by atomic mass is 16.6. The molecule has 5 atom stereocenters. The van der Waals surface area contributed by atoms with Crippen molar-refractivity contribution in [2.45, 2.75) is 98.4 Å². The molecule has 1 saturated heterocycles. The SMILES string of the molecule is C=CCNC(=O)C(=O)C(CC1CC1)NC(=O)C1C2C(CN1C(=O)C(NC(=O)OC(C)(C)C)C(C)(C)C)C2(C)C. The van der Waals surface area contributed by atoms with Crippen LogP contribution in [0.5, 0.6) is 0 Å². The zero-order valence-electron chi connectivity index (χ0n) is 24.7. The number of fused-ring (bicyclic) bond motifs is 1. The van der Waals surface area contributed by atoms with Crippen molar-refractivity contribution in [2.75, 3.05) is 13.1 Å². The number of likely N-dealkylation sites (tertiary alicyclic amines) is 1. The average molecular weight is 547 g/mol. The third kappa shape index (κ3) is 7.19. The number of piperidine rings is 1. The van der Waals surface area contributed by atoms with Crippen LogP contribution in [0.15, 0.2) is 12.7 Å². The first-order valence-corrected chi connectivity index (χ1v) is 13.9. The van der Waals surface area contributed by atoms with Gasteiger partial charge in [0.05, 0.1) is 6.04 Å². The van der Waals surface area contributed by atoms with Gasteiger partial charge in [-0.25, -0.2) is 4.79 Å². The van der Waals surface area contributed by atoms with Gasteiger partial charge in [0, 0.05) is 13.1 Å². The van der Waals surface area contributed by atoms with E-state index < -0.39 is 52.8 Å². The Morgan fingerprint density at radius 1 is 1.05 bits per heavy atom. The predicted molar refractivity (Wildman–Crippen MR) is 146 cm³/mol. The largest absolute Gasteiger partial charge is 0.444 e. The van der Waals surface area contributed by atoms with Crippen LogP contribution in [0, 0.1) is 28.6 Å². The fourth-order valence-corrected chi connectivity index (χ4v) is 5.64. The van der Waals surface area contributed by atoms with Gasteiger partial charge in [-0.15, -0.1) is 6.58 Å². The molecule has 1 heterocycles. The minimum atomic E-state index is -0.967. The number of nitrogens with zero attached hydrogens (tertiary/aromatic N) is 1. The fourth-order valence-electron chi connectivity index (χ4n) is 5.64. The quantitative estimate of drug-likeness (QED) is 0.285. The Balaban J connectivity index is 1.82. The molecular formula is C29H46N4O6. The van der Waals surface area contributed by atoms with Gasteiger partial charge in [0.1, 0.15) is 17.7 Å². The molecule has 0 aromatic rings. The van der Waals surface area contributed by atoms with E-state index in [-0.39, 0.29) is 35.6 Å². The van der Waals surface area contributed by atoms with Gasteiger partial charge in [-0.1, -0.05) is 53.5 Å². The molecule has 0 spiro atoms. The van der Waals surface area contributed by atoms with Gasteiger partial charge < -0.3 is 25.6 Å². The van der Waals surface area contributed by atoms with Crippen molar-refractivity contribution < 1.29 is 28.7 Å². The molecule has 1 aliphatic heterocycles. The minimum absolute atomic E-state index is 0.0881.